The first-order chi connectivity index (χ1) is 9.74. The molecule has 20 heavy (non-hydrogen) atoms. The molecule has 4 heteroatoms. The van der Waals surface area contributed by atoms with Crippen molar-refractivity contribution in [1.29, 1.82) is 0 Å². The summed E-state index contributed by atoms with van der Waals surface area (Å²) in [7, 11) is 0. The van der Waals surface area contributed by atoms with Gasteiger partial charge in [-0.05, 0) is 37.1 Å². The second-order valence-corrected chi connectivity index (χ2v) is 7.91. The highest BCUT2D eigenvalue weighted by Gasteiger charge is 2.04. The lowest BCUT2D eigenvalue weighted by atomic mass is 10.4. The molecule has 2 rings (SSSR count). The van der Waals surface area contributed by atoms with E-state index in [0.717, 1.165) is 21.2 Å². The average Bonchev–Trinajstić information content (AvgIpc) is 2.47. The number of benzene rings is 2. The Kier molecular flexibility index (Phi) is 6.73. The van der Waals surface area contributed by atoms with Gasteiger partial charge in [-0.25, -0.2) is 0 Å². The maximum Gasteiger partial charge on any atom is 0.0530 e. The first-order valence-electron chi connectivity index (χ1n) is 6.25. The quantitative estimate of drug-likeness (QED) is 0.485. The topological polar surface area (TPSA) is 0 Å². The minimum absolute atomic E-state index is 0.855. The van der Waals surface area contributed by atoms with Crippen LogP contribution in [0.3, 0.4) is 0 Å². The van der Waals surface area contributed by atoms with E-state index >= 15 is 0 Å². The van der Waals surface area contributed by atoms with Crippen LogP contribution < -0.4 is 0 Å². The summed E-state index contributed by atoms with van der Waals surface area (Å²) in [6.45, 7) is 0. The second-order valence-electron chi connectivity index (χ2n) is 4.07. The summed E-state index contributed by atoms with van der Waals surface area (Å²) in [5.41, 5.74) is 0. The van der Waals surface area contributed by atoms with E-state index < -0.39 is 0 Å². The lowest BCUT2D eigenvalue weighted by molar-refractivity contribution is 1.22. The van der Waals surface area contributed by atoms with Crippen molar-refractivity contribution in [3.05, 3.63) is 60.7 Å². The van der Waals surface area contributed by atoms with Gasteiger partial charge in [-0.15, -0.1) is 0 Å². The normalized spacial score (nSPS) is 10.2. The van der Waals surface area contributed by atoms with Crippen LogP contribution in [0.4, 0.5) is 0 Å². The van der Waals surface area contributed by atoms with E-state index in [0.29, 0.717) is 0 Å². The van der Waals surface area contributed by atoms with Gasteiger partial charge >= 0.3 is 0 Å². The average molecular weight is 335 g/mol. The van der Waals surface area contributed by atoms with Gasteiger partial charge in [-0.1, -0.05) is 84.4 Å². The Balaban J connectivity index is 1.75. The van der Waals surface area contributed by atoms with Crippen LogP contribution in [-0.2, 0) is 0 Å². The summed E-state index contributed by atoms with van der Waals surface area (Å²) in [6, 6.07) is 20.4. The number of thiocarbonyl (C=S) groups is 2. The highest BCUT2D eigenvalue weighted by atomic mass is 32.2. The molecule has 0 spiro atoms. The van der Waals surface area contributed by atoms with Gasteiger partial charge in [0.05, 0.1) is 8.39 Å². The maximum absolute atomic E-state index is 5.41. The van der Waals surface area contributed by atoms with Crippen LogP contribution >= 0.6 is 48.0 Å². The molecule has 0 atom stereocenters. The summed E-state index contributed by atoms with van der Waals surface area (Å²) < 4.78 is 1.99. The van der Waals surface area contributed by atoms with E-state index in [1.54, 1.807) is 23.5 Å². The summed E-state index contributed by atoms with van der Waals surface area (Å²) in [4.78, 5) is 2.39. The molecule has 0 N–H and O–H groups in total. The summed E-state index contributed by atoms with van der Waals surface area (Å²) in [5.74, 6) is 0. The molecule has 0 saturated heterocycles. The van der Waals surface area contributed by atoms with Crippen LogP contribution in [-0.4, -0.2) is 8.39 Å². The molecule has 2 aromatic carbocycles. The summed E-state index contributed by atoms with van der Waals surface area (Å²) in [5, 5.41) is 0. The van der Waals surface area contributed by atoms with Crippen molar-refractivity contribution >= 4 is 56.4 Å². The van der Waals surface area contributed by atoms with E-state index in [1.807, 2.05) is 36.4 Å². The van der Waals surface area contributed by atoms with E-state index in [9.17, 15) is 0 Å². The fourth-order valence-electron chi connectivity index (χ4n) is 1.55. The standard InChI is InChI=1S/C16H14S4/c17-15(19-13-7-3-1-4-8-13)11-12-16(18)20-14-9-5-2-6-10-14/h1-10H,11-12H2. The Hall–Kier alpha value is -0.680. The number of thioether (sulfide) groups is 2. The van der Waals surface area contributed by atoms with Gasteiger partial charge < -0.3 is 0 Å². The lowest BCUT2D eigenvalue weighted by Gasteiger charge is -2.05. The Bertz CT molecular complexity index is 510. The van der Waals surface area contributed by atoms with Gasteiger partial charge in [0.15, 0.2) is 0 Å². The molecule has 0 aliphatic carbocycles. The van der Waals surface area contributed by atoms with Crippen molar-refractivity contribution in [1.82, 2.24) is 0 Å². The number of rotatable bonds is 5. The zero-order valence-electron chi connectivity index (χ0n) is 10.8. The summed E-state index contributed by atoms with van der Waals surface area (Å²) >= 11 is 14.1. The third-order valence-corrected chi connectivity index (χ3v) is 5.27. The molecule has 0 aromatic heterocycles. The molecule has 0 aliphatic rings. The highest BCUT2D eigenvalue weighted by Crippen LogP contribution is 2.25. The molecule has 0 bridgehead atoms. The van der Waals surface area contributed by atoms with E-state index in [-0.39, 0.29) is 0 Å². The van der Waals surface area contributed by atoms with Gasteiger partial charge in [0, 0.05) is 9.79 Å². The van der Waals surface area contributed by atoms with Crippen molar-refractivity contribution in [2.24, 2.45) is 0 Å². The molecule has 102 valence electrons. The van der Waals surface area contributed by atoms with Crippen molar-refractivity contribution in [3.8, 4) is 0 Å². The zero-order valence-corrected chi connectivity index (χ0v) is 14.1. The first-order valence-corrected chi connectivity index (χ1v) is 8.70. The van der Waals surface area contributed by atoms with Crippen LogP contribution in [0.5, 0.6) is 0 Å². The van der Waals surface area contributed by atoms with Gasteiger partial charge in [0.1, 0.15) is 0 Å². The molecule has 0 unspecified atom stereocenters. The van der Waals surface area contributed by atoms with Crippen LogP contribution in [0, 0.1) is 0 Å². The third-order valence-electron chi connectivity index (χ3n) is 2.48. The first kappa shape index (κ1) is 15.7. The number of hydrogen-bond acceptors (Lipinski definition) is 4. The van der Waals surface area contributed by atoms with Crippen LogP contribution in [0.1, 0.15) is 12.8 Å². The molecule has 0 radical (unpaired) electrons. The largest absolute Gasteiger partial charge is 0.0828 e. The molecule has 0 fully saturated rings. The van der Waals surface area contributed by atoms with Crippen molar-refractivity contribution in [2.75, 3.05) is 0 Å². The highest BCUT2D eigenvalue weighted by molar-refractivity contribution is 8.23. The summed E-state index contributed by atoms with van der Waals surface area (Å²) in [6.07, 6.45) is 1.71. The Morgan fingerprint density at radius 1 is 0.650 bits per heavy atom. The Morgan fingerprint density at radius 2 is 1.00 bits per heavy atom. The molecule has 0 aliphatic heterocycles. The minimum atomic E-state index is 0.855. The lowest BCUT2D eigenvalue weighted by Crippen LogP contribution is -1.94. The zero-order chi connectivity index (χ0) is 14.2. The van der Waals surface area contributed by atoms with Gasteiger partial charge in [-0.3, -0.25) is 0 Å². The van der Waals surface area contributed by atoms with Crippen LogP contribution in [0.25, 0.3) is 0 Å². The third kappa shape index (κ3) is 5.75. The smallest absolute Gasteiger partial charge is 0.0530 e. The molecule has 0 heterocycles. The fraction of sp³-hybridized carbons (Fsp3) is 0.125. The molecule has 2 aromatic rings. The maximum atomic E-state index is 5.41. The molecular formula is C16H14S4. The monoisotopic (exact) mass is 334 g/mol. The van der Waals surface area contributed by atoms with E-state index in [2.05, 4.69) is 24.3 Å². The Labute approximate surface area is 139 Å². The second kappa shape index (κ2) is 8.57. The van der Waals surface area contributed by atoms with Crippen molar-refractivity contribution < 1.29 is 0 Å². The van der Waals surface area contributed by atoms with E-state index in [4.69, 9.17) is 24.4 Å². The van der Waals surface area contributed by atoms with Crippen molar-refractivity contribution in [2.45, 2.75) is 22.6 Å². The minimum Gasteiger partial charge on any atom is -0.0828 e. The predicted molar refractivity (Wildman–Crippen MR) is 99.0 cm³/mol. The van der Waals surface area contributed by atoms with Gasteiger partial charge in [0.25, 0.3) is 0 Å². The molecule has 0 amide bonds. The number of hydrogen-bond donors (Lipinski definition) is 0. The molecule has 0 saturated carbocycles. The van der Waals surface area contributed by atoms with E-state index in [1.165, 1.54) is 9.79 Å². The van der Waals surface area contributed by atoms with Gasteiger partial charge in [-0.2, -0.15) is 0 Å². The van der Waals surface area contributed by atoms with Gasteiger partial charge in [0.2, 0.25) is 0 Å². The van der Waals surface area contributed by atoms with Crippen LogP contribution in [0.2, 0.25) is 0 Å². The predicted octanol–water partition coefficient (Wildman–Crippen LogP) is 6.01. The van der Waals surface area contributed by atoms with Crippen molar-refractivity contribution in [3.63, 3.8) is 0 Å². The molecular weight excluding hydrogens is 320 g/mol. The SMILES string of the molecule is S=C(CCC(=S)Sc1ccccc1)Sc1ccccc1. The Morgan fingerprint density at radius 3 is 1.35 bits per heavy atom. The molecule has 0 nitrogen and oxygen atoms in total. The van der Waals surface area contributed by atoms with Crippen LogP contribution in [0.15, 0.2) is 70.5 Å². The fourth-order valence-corrected chi connectivity index (χ4v) is 3.85.